The van der Waals surface area contributed by atoms with E-state index in [1.807, 2.05) is 18.2 Å². The predicted molar refractivity (Wildman–Crippen MR) is 60.5 cm³/mol. The Kier molecular flexibility index (Phi) is 2.22. The number of ether oxygens (including phenoxy) is 1. The fourth-order valence-corrected chi connectivity index (χ4v) is 2.72. The summed E-state index contributed by atoms with van der Waals surface area (Å²) in [6.45, 7) is 1.66. The molecule has 1 N–H and O–H groups in total. The highest BCUT2D eigenvalue weighted by Crippen LogP contribution is 2.41. The van der Waals surface area contributed by atoms with Crippen LogP contribution in [0.4, 0.5) is 0 Å². The highest BCUT2D eigenvalue weighted by molar-refractivity contribution is 6.42. The van der Waals surface area contributed by atoms with Crippen LogP contribution in [0.2, 0.25) is 10.0 Å². The monoisotopic (exact) mass is 243 g/mol. The van der Waals surface area contributed by atoms with Crippen LogP contribution in [0.5, 0.6) is 0 Å². The van der Waals surface area contributed by atoms with E-state index in [2.05, 4.69) is 5.32 Å². The van der Waals surface area contributed by atoms with Crippen molar-refractivity contribution < 1.29 is 4.74 Å². The fourth-order valence-electron chi connectivity index (χ4n) is 2.42. The maximum absolute atomic E-state index is 6.02. The Balaban J connectivity index is 2.02. The van der Waals surface area contributed by atoms with Gasteiger partial charge in [0.2, 0.25) is 0 Å². The summed E-state index contributed by atoms with van der Waals surface area (Å²) in [7, 11) is 0. The second kappa shape index (κ2) is 3.36. The average Bonchev–Trinajstić information content (AvgIpc) is 2.83. The Hall–Kier alpha value is -0.280. The second-order valence-electron chi connectivity index (χ2n) is 4.22. The van der Waals surface area contributed by atoms with Gasteiger partial charge in [0.25, 0.3) is 0 Å². The maximum Gasteiger partial charge on any atom is 0.107 e. The molecule has 0 spiro atoms. The second-order valence-corrected chi connectivity index (χ2v) is 5.03. The minimum atomic E-state index is -0.168. The molecule has 2 fully saturated rings. The zero-order valence-corrected chi connectivity index (χ0v) is 9.61. The molecule has 0 amide bonds. The summed E-state index contributed by atoms with van der Waals surface area (Å²) in [5.41, 5.74) is 0.961. The molecule has 4 heteroatoms. The van der Waals surface area contributed by atoms with Gasteiger partial charge in [0.05, 0.1) is 16.7 Å². The largest absolute Gasteiger partial charge is 0.367 e. The summed E-state index contributed by atoms with van der Waals surface area (Å²) >= 11 is 11.9. The summed E-state index contributed by atoms with van der Waals surface area (Å²) in [6.07, 6.45) is 1.03. The van der Waals surface area contributed by atoms with Gasteiger partial charge in [-0.05, 0) is 24.1 Å². The molecule has 2 heterocycles. The number of rotatable bonds is 1. The number of morpholine rings is 1. The van der Waals surface area contributed by atoms with Gasteiger partial charge < -0.3 is 10.1 Å². The van der Waals surface area contributed by atoms with Crippen molar-refractivity contribution in [3.05, 3.63) is 33.8 Å². The Bertz CT molecular complexity index is 400. The molecular formula is C11H11Cl2NO. The molecular weight excluding hydrogens is 233 g/mol. The highest BCUT2D eigenvalue weighted by Gasteiger charge is 2.47. The first kappa shape index (κ1) is 9.91. The fraction of sp³-hybridized carbons (Fsp3) is 0.455. The molecule has 2 nitrogen and oxygen atoms in total. The Labute approximate surface area is 98.5 Å². The van der Waals surface area contributed by atoms with Crippen molar-refractivity contribution in [1.29, 1.82) is 0 Å². The molecule has 0 unspecified atom stereocenters. The molecule has 2 atom stereocenters. The minimum Gasteiger partial charge on any atom is -0.367 e. The third-order valence-electron chi connectivity index (χ3n) is 3.26. The highest BCUT2D eigenvalue weighted by atomic mass is 35.5. The van der Waals surface area contributed by atoms with E-state index in [0.29, 0.717) is 16.1 Å². The topological polar surface area (TPSA) is 21.3 Å². The van der Waals surface area contributed by atoms with Gasteiger partial charge in [-0.2, -0.15) is 0 Å². The third kappa shape index (κ3) is 1.48. The van der Waals surface area contributed by atoms with Crippen LogP contribution in [-0.4, -0.2) is 19.2 Å². The first-order valence-corrected chi connectivity index (χ1v) is 5.78. The zero-order valence-electron chi connectivity index (χ0n) is 8.09. The van der Waals surface area contributed by atoms with Crippen LogP contribution < -0.4 is 5.32 Å². The molecule has 0 aliphatic carbocycles. The molecule has 2 bridgehead atoms. The number of halogens is 2. The lowest BCUT2D eigenvalue weighted by atomic mass is 9.93. The van der Waals surface area contributed by atoms with Crippen LogP contribution >= 0.6 is 23.2 Å². The summed E-state index contributed by atoms with van der Waals surface area (Å²) in [5.74, 6) is 0. The number of fused-ring (bicyclic) bond motifs is 2. The van der Waals surface area contributed by atoms with E-state index in [1.54, 1.807) is 0 Å². The van der Waals surface area contributed by atoms with Gasteiger partial charge >= 0.3 is 0 Å². The van der Waals surface area contributed by atoms with Gasteiger partial charge in [-0.25, -0.2) is 0 Å². The van der Waals surface area contributed by atoms with Gasteiger partial charge in [0.1, 0.15) is 5.60 Å². The van der Waals surface area contributed by atoms with Gasteiger partial charge in [0, 0.05) is 12.6 Å². The van der Waals surface area contributed by atoms with Crippen LogP contribution in [0.3, 0.4) is 0 Å². The first-order valence-electron chi connectivity index (χ1n) is 5.02. The van der Waals surface area contributed by atoms with E-state index in [4.69, 9.17) is 27.9 Å². The molecule has 1 aromatic carbocycles. The van der Waals surface area contributed by atoms with Crippen molar-refractivity contribution in [2.45, 2.75) is 18.1 Å². The lowest BCUT2D eigenvalue weighted by molar-refractivity contribution is -0.00957. The van der Waals surface area contributed by atoms with E-state index >= 15 is 0 Å². The van der Waals surface area contributed by atoms with Gasteiger partial charge in [-0.15, -0.1) is 0 Å². The molecule has 2 saturated heterocycles. The molecule has 15 heavy (non-hydrogen) atoms. The summed E-state index contributed by atoms with van der Waals surface area (Å²) in [4.78, 5) is 0. The van der Waals surface area contributed by atoms with Crippen LogP contribution in [0.25, 0.3) is 0 Å². The van der Waals surface area contributed by atoms with Crippen LogP contribution in [-0.2, 0) is 10.3 Å². The molecule has 2 aliphatic rings. The van der Waals surface area contributed by atoms with E-state index in [0.717, 1.165) is 25.1 Å². The first-order chi connectivity index (χ1) is 7.20. The third-order valence-corrected chi connectivity index (χ3v) is 4.00. The lowest BCUT2D eigenvalue weighted by Crippen LogP contribution is -2.37. The smallest absolute Gasteiger partial charge is 0.107 e. The van der Waals surface area contributed by atoms with Gasteiger partial charge in [-0.3, -0.25) is 0 Å². The van der Waals surface area contributed by atoms with E-state index in [-0.39, 0.29) is 5.60 Å². The summed E-state index contributed by atoms with van der Waals surface area (Å²) in [6, 6.07) is 6.26. The van der Waals surface area contributed by atoms with Crippen molar-refractivity contribution in [2.75, 3.05) is 13.2 Å². The molecule has 1 aromatic rings. The zero-order chi connectivity index (χ0) is 10.5. The molecule has 3 rings (SSSR count). The van der Waals surface area contributed by atoms with Crippen LogP contribution in [0.15, 0.2) is 18.2 Å². The van der Waals surface area contributed by atoms with Crippen molar-refractivity contribution >= 4 is 23.2 Å². The lowest BCUT2D eigenvalue weighted by Gasteiger charge is -2.27. The van der Waals surface area contributed by atoms with Crippen molar-refractivity contribution in [3.63, 3.8) is 0 Å². The van der Waals surface area contributed by atoms with E-state index in [1.165, 1.54) is 0 Å². The summed E-state index contributed by atoms with van der Waals surface area (Å²) in [5, 5.41) is 4.62. The van der Waals surface area contributed by atoms with Gasteiger partial charge in [0.15, 0.2) is 0 Å². The Morgan fingerprint density at radius 3 is 2.73 bits per heavy atom. The number of benzene rings is 1. The molecule has 0 aromatic heterocycles. The molecule has 0 saturated carbocycles. The Morgan fingerprint density at radius 1 is 1.33 bits per heavy atom. The van der Waals surface area contributed by atoms with Gasteiger partial charge in [-0.1, -0.05) is 29.3 Å². The maximum atomic E-state index is 6.02. The quantitative estimate of drug-likeness (QED) is 0.819. The number of nitrogens with one attached hydrogen (secondary N) is 1. The molecule has 0 radical (unpaired) electrons. The SMILES string of the molecule is Clc1ccc([C@]23CN[C@H](CO2)C3)cc1Cl. The normalized spacial score (nSPS) is 33.6. The van der Waals surface area contributed by atoms with Crippen LogP contribution in [0, 0.1) is 0 Å². The number of hydrogen-bond acceptors (Lipinski definition) is 2. The standard InChI is InChI=1S/C11H11Cl2NO/c12-9-2-1-7(3-10(9)13)11-4-8(5-15-11)14-6-11/h1-3,8,14H,4-6H2/t8-,11-/m0/s1. The average molecular weight is 244 g/mol. The molecule has 2 aliphatic heterocycles. The van der Waals surface area contributed by atoms with Crippen molar-refractivity contribution in [2.24, 2.45) is 0 Å². The minimum absolute atomic E-state index is 0.168. The summed E-state index contributed by atoms with van der Waals surface area (Å²) < 4.78 is 5.86. The van der Waals surface area contributed by atoms with Crippen molar-refractivity contribution in [3.8, 4) is 0 Å². The predicted octanol–water partition coefficient (Wildman–Crippen LogP) is 2.58. The van der Waals surface area contributed by atoms with E-state index in [9.17, 15) is 0 Å². The number of hydrogen-bond donors (Lipinski definition) is 1. The van der Waals surface area contributed by atoms with Crippen molar-refractivity contribution in [1.82, 2.24) is 5.32 Å². The Morgan fingerprint density at radius 2 is 2.20 bits per heavy atom. The van der Waals surface area contributed by atoms with E-state index < -0.39 is 0 Å². The molecule has 80 valence electrons. The van der Waals surface area contributed by atoms with Crippen LogP contribution in [0.1, 0.15) is 12.0 Å².